The molecule has 0 aliphatic carbocycles. The van der Waals surface area contributed by atoms with Crippen molar-refractivity contribution in [1.29, 1.82) is 0 Å². The van der Waals surface area contributed by atoms with Gasteiger partial charge in [-0.05, 0) is 11.6 Å². The second kappa shape index (κ2) is 8.31. The number of anilines is 1. The standard InChI is InChI=1S/C22H21N7O3/c1-14-25-21(27-32-14)16-5-3-15(4-6-16)19-12-29(9-10-31-19)22-26-18(11-20(30)28(22)2)17-7-8-23-13-24-17/h3-8,11,13,19H,9-10,12H2,1-2H3/t19-/m1/s1. The van der Waals surface area contributed by atoms with Gasteiger partial charge in [-0.15, -0.1) is 0 Å². The molecule has 0 radical (unpaired) electrons. The third-order valence-corrected chi connectivity index (χ3v) is 5.37. The van der Waals surface area contributed by atoms with E-state index in [9.17, 15) is 4.79 Å². The first-order chi connectivity index (χ1) is 15.6. The van der Waals surface area contributed by atoms with E-state index in [1.165, 1.54) is 12.4 Å². The fourth-order valence-corrected chi connectivity index (χ4v) is 3.68. The fraction of sp³-hybridized carbons (Fsp3) is 0.273. The first-order valence-corrected chi connectivity index (χ1v) is 10.2. The summed E-state index contributed by atoms with van der Waals surface area (Å²) in [5.74, 6) is 1.66. The maximum atomic E-state index is 12.6. The molecule has 1 fully saturated rings. The highest BCUT2D eigenvalue weighted by Gasteiger charge is 2.25. The number of rotatable bonds is 4. The third kappa shape index (κ3) is 3.87. The Balaban J connectivity index is 1.40. The molecule has 1 saturated heterocycles. The van der Waals surface area contributed by atoms with E-state index in [4.69, 9.17) is 14.2 Å². The number of morpholine rings is 1. The molecule has 0 bridgehead atoms. The van der Waals surface area contributed by atoms with Gasteiger partial charge < -0.3 is 14.2 Å². The predicted octanol–water partition coefficient (Wildman–Crippen LogP) is 2.17. The Hall–Kier alpha value is -3.92. The van der Waals surface area contributed by atoms with Crippen LogP contribution in [0.3, 0.4) is 0 Å². The molecule has 5 rings (SSSR count). The van der Waals surface area contributed by atoms with Crippen LogP contribution in [0.1, 0.15) is 17.6 Å². The van der Waals surface area contributed by atoms with Crippen molar-refractivity contribution < 1.29 is 9.26 Å². The van der Waals surface area contributed by atoms with E-state index in [0.717, 1.165) is 11.1 Å². The molecule has 10 heteroatoms. The smallest absolute Gasteiger partial charge is 0.255 e. The molecule has 1 aromatic carbocycles. The molecular weight excluding hydrogens is 410 g/mol. The molecular formula is C22H21N7O3. The second-order valence-corrected chi connectivity index (χ2v) is 7.50. The second-order valence-electron chi connectivity index (χ2n) is 7.50. The normalized spacial score (nSPS) is 16.3. The number of benzene rings is 1. The Morgan fingerprint density at radius 3 is 2.66 bits per heavy atom. The summed E-state index contributed by atoms with van der Waals surface area (Å²) in [4.78, 5) is 31.8. The van der Waals surface area contributed by atoms with E-state index in [-0.39, 0.29) is 11.7 Å². The largest absolute Gasteiger partial charge is 0.370 e. The maximum absolute atomic E-state index is 12.6. The minimum atomic E-state index is -0.163. The van der Waals surface area contributed by atoms with Crippen molar-refractivity contribution in [3.05, 3.63) is 70.7 Å². The van der Waals surface area contributed by atoms with Gasteiger partial charge >= 0.3 is 0 Å². The van der Waals surface area contributed by atoms with E-state index in [1.54, 1.807) is 30.8 Å². The number of aromatic nitrogens is 6. The Bertz CT molecular complexity index is 1290. The van der Waals surface area contributed by atoms with Crippen molar-refractivity contribution in [1.82, 2.24) is 29.7 Å². The lowest BCUT2D eigenvalue weighted by Crippen LogP contribution is -2.41. The van der Waals surface area contributed by atoms with E-state index in [2.05, 4.69) is 25.0 Å². The van der Waals surface area contributed by atoms with Gasteiger partial charge in [0.15, 0.2) is 0 Å². The van der Waals surface area contributed by atoms with Gasteiger partial charge in [0.1, 0.15) is 12.4 Å². The topological polar surface area (TPSA) is 112 Å². The predicted molar refractivity (Wildman–Crippen MR) is 116 cm³/mol. The van der Waals surface area contributed by atoms with Gasteiger partial charge in [0.05, 0.1) is 24.5 Å². The Labute approximate surface area is 183 Å². The molecule has 0 spiro atoms. The molecule has 0 amide bonds. The number of nitrogens with zero attached hydrogens (tertiary/aromatic N) is 7. The van der Waals surface area contributed by atoms with E-state index in [0.29, 0.717) is 48.7 Å². The molecule has 3 aromatic heterocycles. The van der Waals surface area contributed by atoms with Crippen LogP contribution in [-0.2, 0) is 11.8 Å². The molecule has 4 heterocycles. The molecule has 4 aromatic rings. The monoisotopic (exact) mass is 431 g/mol. The average molecular weight is 431 g/mol. The van der Waals surface area contributed by atoms with Gasteiger partial charge in [-0.1, -0.05) is 29.4 Å². The van der Waals surface area contributed by atoms with Crippen LogP contribution in [-0.4, -0.2) is 49.4 Å². The first-order valence-electron chi connectivity index (χ1n) is 10.2. The SMILES string of the molecule is Cc1nc(-c2ccc([C@H]3CN(c4nc(-c5ccncn5)cc(=O)n4C)CCO3)cc2)no1. The zero-order chi connectivity index (χ0) is 22.1. The van der Waals surface area contributed by atoms with Crippen molar-refractivity contribution in [2.75, 3.05) is 24.6 Å². The van der Waals surface area contributed by atoms with Crippen LogP contribution in [0.15, 0.2) is 58.2 Å². The summed E-state index contributed by atoms with van der Waals surface area (Å²) in [7, 11) is 1.72. The molecule has 1 atom stereocenters. The average Bonchev–Trinajstić information content (AvgIpc) is 3.28. The molecule has 0 saturated carbocycles. The summed E-state index contributed by atoms with van der Waals surface area (Å²) in [5, 5.41) is 3.96. The summed E-state index contributed by atoms with van der Waals surface area (Å²) in [6, 6.07) is 11.1. The summed E-state index contributed by atoms with van der Waals surface area (Å²) >= 11 is 0. The van der Waals surface area contributed by atoms with Crippen LogP contribution >= 0.6 is 0 Å². The van der Waals surface area contributed by atoms with Crippen molar-refractivity contribution >= 4 is 5.95 Å². The molecule has 10 nitrogen and oxygen atoms in total. The molecule has 1 aliphatic rings. The van der Waals surface area contributed by atoms with Crippen molar-refractivity contribution in [3.63, 3.8) is 0 Å². The van der Waals surface area contributed by atoms with E-state index >= 15 is 0 Å². The summed E-state index contributed by atoms with van der Waals surface area (Å²) in [6.07, 6.45) is 2.91. The van der Waals surface area contributed by atoms with Crippen LogP contribution in [0.25, 0.3) is 22.8 Å². The number of hydrogen-bond acceptors (Lipinski definition) is 9. The van der Waals surface area contributed by atoms with Crippen molar-refractivity contribution in [2.24, 2.45) is 7.05 Å². The van der Waals surface area contributed by atoms with Crippen LogP contribution < -0.4 is 10.5 Å². The highest BCUT2D eigenvalue weighted by atomic mass is 16.5. The maximum Gasteiger partial charge on any atom is 0.255 e. The molecule has 0 unspecified atom stereocenters. The highest BCUT2D eigenvalue weighted by Crippen LogP contribution is 2.27. The lowest BCUT2D eigenvalue weighted by atomic mass is 10.1. The summed E-state index contributed by atoms with van der Waals surface area (Å²) in [5.41, 5.74) is 2.88. The number of aryl methyl sites for hydroxylation is 1. The van der Waals surface area contributed by atoms with Crippen molar-refractivity contribution in [3.8, 4) is 22.8 Å². The van der Waals surface area contributed by atoms with Gasteiger partial charge in [-0.2, -0.15) is 4.98 Å². The minimum Gasteiger partial charge on any atom is -0.370 e. The zero-order valence-corrected chi connectivity index (χ0v) is 17.7. The minimum absolute atomic E-state index is 0.147. The highest BCUT2D eigenvalue weighted by molar-refractivity contribution is 5.56. The zero-order valence-electron chi connectivity index (χ0n) is 17.7. The van der Waals surface area contributed by atoms with Crippen molar-refractivity contribution in [2.45, 2.75) is 13.0 Å². The van der Waals surface area contributed by atoms with Gasteiger partial charge in [-0.25, -0.2) is 15.0 Å². The lowest BCUT2D eigenvalue weighted by molar-refractivity contribution is 0.0390. The van der Waals surface area contributed by atoms with Gasteiger partial charge in [0, 0.05) is 38.3 Å². The lowest BCUT2D eigenvalue weighted by Gasteiger charge is -2.34. The fourth-order valence-electron chi connectivity index (χ4n) is 3.68. The molecule has 32 heavy (non-hydrogen) atoms. The van der Waals surface area contributed by atoms with Crippen LogP contribution in [0, 0.1) is 6.92 Å². The third-order valence-electron chi connectivity index (χ3n) is 5.37. The Morgan fingerprint density at radius 1 is 1.09 bits per heavy atom. The van der Waals surface area contributed by atoms with Crippen LogP contribution in [0.2, 0.25) is 0 Å². The Kier molecular flexibility index (Phi) is 5.20. The number of ether oxygens (including phenoxy) is 1. The summed E-state index contributed by atoms with van der Waals surface area (Å²) < 4.78 is 12.6. The quantitative estimate of drug-likeness (QED) is 0.480. The van der Waals surface area contributed by atoms with Gasteiger partial charge in [-0.3, -0.25) is 9.36 Å². The summed E-state index contributed by atoms with van der Waals surface area (Å²) in [6.45, 7) is 3.47. The number of hydrogen-bond donors (Lipinski definition) is 0. The van der Waals surface area contributed by atoms with Gasteiger partial charge in [0.2, 0.25) is 17.7 Å². The van der Waals surface area contributed by atoms with Gasteiger partial charge in [0.25, 0.3) is 5.56 Å². The molecule has 162 valence electrons. The first kappa shape index (κ1) is 20.0. The van der Waals surface area contributed by atoms with Crippen LogP contribution in [0.5, 0.6) is 0 Å². The van der Waals surface area contributed by atoms with E-state index in [1.807, 2.05) is 24.3 Å². The Morgan fingerprint density at radius 2 is 1.94 bits per heavy atom. The van der Waals surface area contributed by atoms with E-state index < -0.39 is 0 Å². The molecule has 0 N–H and O–H groups in total. The molecule has 1 aliphatic heterocycles. The van der Waals surface area contributed by atoms with Crippen LogP contribution in [0.4, 0.5) is 5.95 Å².